The third-order valence-corrected chi connectivity index (χ3v) is 12.6. The van der Waals surface area contributed by atoms with E-state index < -0.39 is 83.4 Å². The molecule has 5 rings (SSSR count). The van der Waals surface area contributed by atoms with E-state index in [1.165, 1.54) is 6.92 Å². The van der Waals surface area contributed by atoms with E-state index in [2.05, 4.69) is 22.3 Å². The Morgan fingerprint density at radius 3 is 2.38 bits per heavy atom. The molecule has 0 bridgehead atoms. The van der Waals surface area contributed by atoms with Gasteiger partial charge in [0.05, 0.1) is 33.9 Å². The lowest BCUT2D eigenvalue weighted by Crippen LogP contribution is -2.60. The van der Waals surface area contributed by atoms with Crippen LogP contribution in [0.5, 0.6) is 0 Å². The number of carbonyl (C=O) groups is 4. The first-order valence-electron chi connectivity index (χ1n) is 19.7. The Balaban J connectivity index is 1.54. The van der Waals surface area contributed by atoms with Gasteiger partial charge in [-0.2, -0.15) is 0 Å². The molecule has 2 N–H and O–H groups in total. The third kappa shape index (κ3) is 9.57. The normalized spacial score (nSPS) is 36.3. The van der Waals surface area contributed by atoms with Crippen LogP contribution in [-0.2, 0) is 38.1 Å². The maximum atomic E-state index is 14.4. The first-order chi connectivity index (χ1) is 27.2. The van der Waals surface area contributed by atoms with Crippen molar-refractivity contribution < 1.29 is 52.5 Å². The molecule has 0 spiro atoms. The number of nitrogens with one attached hydrogen (secondary N) is 1. The van der Waals surface area contributed by atoms with Crippen molar-refractivity contribution in [1.29, 1.82) is 0 Å². The standard InChI is InChI=1S/C42H55Cl2N3O11/c1-11-32-42(8)36(45-40(52)57-42)23(4)33(48)21(2)20-41(7,53-16-12-13-27-19-30(46-58-27)26-14-15-28(43)29(44)18-26)37(24(5)34(49)25(6)38(51)55-32)56-39-35(50)31(47(9)10)17-22(3)54-39/h14-15,18-19,21-25,31-32,35-37,39,50H,11,16-17,20H2,1-10H3,(H,45,52)/t21-,22-,23+,24+,25-,31+,32-,35-,36-,37-,39+,41+,42-/m1/s1. The molecule has 4 heterocycles. The Hall–Kier alpha value is -3.55. The molecule has 2 aromatic rings. The molecule has 0 saturated carbocycles. The molecule has 1 aromatic heterocycles. The summed E-state index contributed by atoms with van der Waals surface area (Å²) in [5.41, 5.74) is -1.73. The van der Waals surface area contributed by atoms with E-state index in [4.69, 9.17) is 51.4 Å². The monoisotopic (exact) mass is 847 g/mol. The highest BCUT2D eigenvalue weighted by molar-refractivity contribution is 6.42. The van der Waals surface area contributed by atoms with Gasteiger partial charge in [-0.15, -0.1) is 0 Å². The number of halogens is 2. The second-order valence-corrected chi connectivity index (χ2v) is 17.3. The number of hydrogen-bond donors (Lipinski definition) is 2. The third-order valence-electron chi connectivity index (χ3n) is 11.9. The first kappa shape index (κ1) is 45.5. The topological polar surface area (TPSA) is 176 Å². The predicted molar refractivity (Wildman–Crippen MR) is 214 cm³/mol. The maximum Gasteiger partial charge on any atom is 0.408 e. The number of cyclic esters (lactones) is 1. The van der Waals surface area contributed by atoms with Crippen LogP contribution in [0.15, 0.2) is 28.8 Å². The van der Waals surface area contributed by atoms with Crippen LogP contribution in [0.3, 0.4) is 0 Å². The molecule has 0 unspecified atom stereocenters. The molecule has 0 aliphatic carbocycles. The van der Waals surface area contributed by atoms with E-state index in [0.717, 1.165) is 0 Å². The van der Waals surface area contributed by atoms with Gasteiger partial charge in [-0.1, -0.05) is 68.0 Å². The number of nitrogens with zero attached hydrogens (tertiary/aromatic N) is 2. The minimum absolute atomic E-state index is 0.00761. The quantitative estimate of drug-likeness (QED) is 0.193. The Labute approximate surface area is 349 Å². The summed E-state index contributed by atoms with van der Waals surface area (Å²) in [6, 6.07) is 5.49. The molecule has 58 heavy (non-hydrogen) atoms. The summed E-state index contributed by atoms with van der Waals surface area (Å²) in [6.07, 6.45) is -4.79. The number of likely N-dealkylation sites (N-methyl/N-ethyl adjacent to an activating group) is 1. The smallest absolute Gasteiger partial charge is 0.408 e. The number of ketones is 2. The zero-order valence-electron chi connectivity index (χ0n) is 34.7. The van der Waals surface area contributed by atoms with Crippen LogP contribution in [-0.4, -0.2) is 113 Å². The summed E-state index contributed by atoms with van der Waals surface area (Å²) in [5, 5.41) is 19.2. The fraction of sp³-hybridized carbons (Fsp3) is 0.643. The first-order valence-corrected chi connectivity index (χ1v) is 20.4. The van der Waals surface area contributed by atoms with Crippen molar-refractivity contribution in [3.8, 4) is 23.1 Å². The van der Waals surface area contributed by atoms with Gasteiger partial charge in [0.25, 0.3) is 0 Å². The number of carbonyl (C=O) groups excluding carboxylic acids is 4. The minimum atomic E-state index is -1.47. The number of amides is 1. The summed E-state index contributed by atoms with van der Waals surface area (Å²) in [6.45, 7) is 13.3. The molecule has 16 heteroatoms. The number of aliphatic hydroxyl groups is 1. The molecule has 3 fully saturated rings. The molecular formula is C42H55Cl2N3O11. The maximum absolute atomic E-state index is 14.4. The SMILES string of the molecule is CC[C@H]1OC(=O)[C@H](C)C(=O)[C@H](C)[C@@H](O[C@@H]2O[C@H](C)C[C@H](N(C)C)[C@H]2O)[C@@](C)(OCC#Cc2cc(-c3ccc(Cl)c(Cl)c3)no2)C[C@@H](C)C(=O)[C@H](C)[C@H]2NC(=O)O[C@@]21C. The van der Waals surface area contributed by atoms with Crippen LogP contribution in [0, 0.1) is 35.5 Å². The highest BCUT2D eigenvalue weighted by Crippen LogP contribution is 2.40. The van der Waals surface area contributed by atoms with Crippen LogP contribution in [0.2, 0.25) is 10.0 Å². The molecular weight excluding hydrogens is 793 g/mol. The molecule has 1 amide bonds. The number of alkyl carbamates (subject to hydrolysis) is 1. The van der Waals surface area contributed by atoms with E-state index >= 15 is 0 Å². The summed E-state index contributed by atoms with van der Waals surface area (Å²) in [7, 11) is 3.69. The zero-order valence-corrected chi connectivity index (χ0v) is 36.2. The molecule has 13 atom stereocenters. The summed E-state index contributed by atoms with van der Waals surface area (Å²) in [4.78, 5) is 57.3. The predicted octanol–water partition coefficient (Wildman–Crippen LogP) is 5.86. The summed E-state index contributed by atoms with van der Waals surface area (Å²) < 4.78 is 36.6. The lowest BCUT2D eigenvalue weighted by Gasteiger charge is -2.47. The largest absolute Gasteiger partial charge is 0.458 e. The van der Waals surface area contributed by atoms with E-state index in [-0.39, 0.29) is 43.1 Å². The Morgan fingerprint density at radius 1 is 1.02 bits per heavy atom. The lowest BCUT2D eigenvalue weighted by atomic mass is 9.73. The van der Waals surface area contributed by atoms with Crippen LogP contribution < -0.4 is 5.32 Å². The summed E-state index contributed by atoms with van der Waals surface area (Å²) >= 11 is 12.3. The van der Waals surface area contributed by atoms with Gasteiger partial charge in [0.15, 0.2) is 17.7 Å². The zero-order chi connectivity index (χ0) is 42.9. The molecule has 3 aliphatic heterocycles. The highest BCUT2D eigenvalue weighted by atomic mass is 35.5. The second-order valence-electron chi connectivity index (χ2n) is 16.5. The minimum Gasteiger partial charge on any atom is -0.458 e. The van der Waals surface area contributed by atoms with Crippen LogP contribution in [0.1, 0.15) is 80.4 Å². The summed E-state index contributed by atoms with van der Waals surface area (Å²) in [5.74, 6) is 0.611. The van der Waals surface area contributed by atoms with Crippen molar-refractivity contribution in [1.82, 2.24) is 15.4 Å². The molecule has 14 nitrogen and oxygen atoms in total. The molecule has 1 aromatic carbocycles. The van der Waals surface area contributed by atoms with Crippen molar-refractivity contribution in [2.24, 2.45) is 23.7 Å². The van der Waals surface area contributed by atoms with Crippen molar-refractivity contribution >= 4 is 46.8 Å². The van der Waals surface area contributed by atoms with Crippen LogP contribution >= 0.6 is 23.2 Å². The van der Waals surface area contributed by atoms with Crippen molar-refractivity contribution in [3.05, 3.63) is 40.1 Å². The Bertz CT molecular complexity index is 1910. The lowest BCUT2D eigenvalue weighted by molar-refractivity contribution is -0.296. The van der Waals surface area contributed by atoms with E-state index in [1.807, 2.05) is 25.9 Å². The Morgan fingerprint density at radius 2 is 1.72 bits per heavy atom. The number of rotatable bonds is 7. The van der Waals surface area contributed by atoms with Gasteiger partial charge in [0, 0.05) is 35.4 Å². The fourth-order valence-electron chi connectivity index (χ4n) is 8.58. The number of esters is 1. The Kier molecular flexibility index (Phi) is 14.4. The van der Waals surface area contributed by atoms with Gasteiger partial charge >= 0.3 is 12.1 Å². The molecule has 3 aliphatic rings. The van der Waals surface area contributed by atoms with Gasteiger partial charge in [0.2, 0.25) is 5.76 Å². The van der Waals surface area contributed by atoms with E-state index in [9.17, 15) is 24.3 Å². The van der Waals surface area contributed by atoms with Gasteiger partial charge in [-0.3, -0.25) is 14.4 Å². The number of ether oxygens (including phenoxy) is 5. The molecule has 3 saturated heterocycles. The van der Waals surface area contributed by atoms with Crippen molar-refractivity contribution in [2.45, 2.75) is 129 Å². The van der Waals surface area contributed by atoms with Crippen LogP contribution in [0.4, 0.5) is 4.79 Å². The molecule has 318 valence electrons. The van der Waals surface area contributed by atoms with E-state index in [0.29, 0.717) is 27.7 Å². The average molecular weight is 849 g/mol. The van der Waals surface area contributed by atoms with E-state index in [1.54, 1.807) is 65.8 Å². The number of aliphatic hydroxyl groups excluding tert-OH is 1. The average Bonchev–Trinajstić information content (AvgIpc) is 3.78. The van der Waals surface area contributed by atoms with Crippen LogP contribution in [0.25, 0.3) is 11.3 Å². The van der Waals surface area contributed by atoms with Gasteiger partial charge in [-0.25, -0.2) is 4.79 Å². The number of benzene rings is 1. The van der Waals surface area contributed by atoms with Gasteiger partial charge in [-0.05, 0) is 79.1 Å². The second kappa shape index (κ2) is 18.4. The van der Waals surface area contributed by atoms with Gasteiger partial charge in [0.1, 0.15) is 36.2 Å². The molecule has 0 radical (unpaired) electrons. The number of fused-ring (bicyclic) bond motifs is 1. The van der Waals surface area contributed by atoms with Crippen molar-refractivity contribution in [2.75, 3.05) is 20.7 Å². The highest BCUT2D eigenvalue weighted by Gasteiger charge is 2.57. The van der Waals surface area contributed by atoms with Crippen molar-refractivity contribution in [3.63, 3.8) is 0 Å². The number of hydrogen-bond acceptors (Lipinski definition) is 13. The number of Topliss-reactive ketones (excluding diaryl/α,β-unsaturated/α-hetero) is 2. The fourth-order valence-corrected chi connectivity index (χ4v) is 8.87. The number of aromatic nitrogens is 1. The van der Waals surface area contributed by atoms with Gasteiger partial charge < -0.3 is 43.5 Å².